The lowest BCUT2D eigenvalue weighted by Crippen LogP contribution is -2.51. The second kappa shape index (κ2) is 7.81. The Balaban J connectivity index is 1.44. The molecule has 1 N–H and O–H groups in total. The molecular formula is C21H34N2. The van der Waals surface area contributed by atoms with Gasteiger partial charge in [0.2, 0.25) is 0 Å². The van der Waals surface area contributed by atoms with Crippen molar-refractivity contribution in [2.24, 2.45) is 5.41 Å². The summed E-state index contributed by atoms with van der Waals surface area (Å²) in [4.78, 5) is 2.74. The third-order valence-electron chi connectivity index (χ3n) is 5.89. The van der Waals surface area contributed by atoms with Crippen LogP contribution in [0.15, 0.2) is 24.3 Å². The first kappa shape index (κ1) is 17.0. The van der Waals surface area contributed by atoms with Gasteiger partial charge in [-0.25, -0.2) is 0 Å². The van der Waals surface area contributed by atoms with Crippen LogP contribution in [0.25, 0.3) is 0 Å². The van der Waals surface area contributed by atoms with E-state index in [0.717, 1.165) is 0 Å². The van der Waals surface area contributed by atoms with E-state index in [9.17, 15) is 0 Å². The highest BCUT2D eigenvalue weighted by atomic mass is 15.1. The molecule has 1 aromatic rings. The average Bonchev–Trinajstić information content (AvgIpc) is 2.56. The SMILES string of the molecule is CC(C)c1ccc(CCCN2CCCC3(CCCNC3)C2)cc1. The lowest BCUT2D eigenvalue weighted by molar-refractivity contribution is 0.0641. The van der Waals surface area contributed by atoms with Crippen molar-refractivity contribution in [1.82, 2.24) is 10.2 Å². The summed E-state index contributed by atoms with van der Waals surface area (Å²) in [5.74, 6) is 0.637. The summed E-state index contributed by atoms with van der Waals surface area (Å²) in [7, 11) is 0. The molecule has 0 aromatic heterocycles. The minimum absolute atomic E-state index is 0.593. The number of nitrogens with one attached hydrogen (secondary N) is 1. The van der Waals surface area contributed by atoms with Gasteiger partial charge < -0.3 is 10.2 Å². The van der Waals surface area contributed by atoms with Gasteiger partial charge in [0.15, 0.2) is 0 Å². The summed E-state index contributed by atoms with van der Waals surface area (Å²) in [6.45, 7) is 10.9. The van der Waals surface area contributed by atoms with E-state index < -0.39 is 0 Å². The molecule has 2 heteroatoms. The van der Waals surface area contributed by atoms with Gasteiger partial charge in [0.05, 0.1) is 0 Å². The largest absolute Gasteiger partial charge is 0.316 e. The normalized spacial score (nSPS) is 26.0. The lowest BCUT2D eigenvalue weighted by Gasteiger charge is -2.45. The molecule has 23 heavy (non-hydrogen) atoms. The van der Waals surface area contributed by atoms with Crippen molar-refractivity contribution in [3.05, 3.63) is 35.4 Å². The Morgan fingerprint density at radius 3 is 2.61 bits per heavy atom. The fourth-order valence-corrected chi connectivity index (χ4v) is 4.46. The highest BCUT2D eigenvalue weighted by molar-refractivity contribution is 5.24. The summed E-state index contributed by atoms with van der Waals surface area (Å²) >= 11 is 0. The van der Waals surface area contributed by atoms with E-state index in [1.54, 1.807) is 0 Å². The van der Waals surface area contributed by atoms with Crippen molar-refractivity contribution in [1.29, 1.82) is 0 Å². The van der Waals surface area contributed by atoms with Crippen LogP contribution in [0.5, 0.6) is 0 Å². The van der Waals surface area contributed by atoms with Crippen molar-refractivity contribution in [3.8, 4) is 0 Å². The number of benzene rings is 1. The van der Waals surface area contributed by atoms with Crippen molar-refractivity contribution >= 4 is 0 Å². The van der Waals surface area contributed by atoms with E-state index in [2.05, 4.69) is 48.3 Å². The van der Waals surface area contributed by atoms with Crippen LogP contribution in [0.4, 0.5) is 0 Å². The standard InChI is InChI=1S/C21H34N2/c1-18(2)20-9-7-19(8-10-20)6-3-14-23-15-5-12-21(17-23)11-4-13-22-16-21/h7-10,18,22H,3-6,11-17H2,1-2H3. The molecule has 2 heterocycles. The predicted molar refractivity (Wildman–Crippen MR) is 99.1 cm³/mol. The molecule has 0 bridgehead atoms. The molecule has 0 radical (unpaired) electrons. The van der Waals surface area contributed by atoms with E-state index in [1.807, 2.05) is 0 Å². The first-order valence-corrected chi connectivity index (χ1v) is 9.69. The molecule has 3 rings (SSSR count). The van der Waals surface area contributed by atoms with E-state index >= 15 is 0 Å². The zero-order valence-corrected chi connectivity index (χ0v) is 15.1. The number of aryl methyl sites for hydroxylation is 1. The zero-order chi connectivity index (χ0) is 16.1. The minimum Gasteiger partial charge on any atom is -0.316 e. The van der Waals surface area contributed by atoms with Crippen molar-refractivity contribution in [2.75, 3.05) is 32.7 Å². The summed E-state index contributed by atoms with van der Waals surface area (Å²) in [6.07, 6.45) is 8.16. The van der Waals surface area contributed by atoms with Gasteiger partial charge in [-0.15, -0.1) is 0 Å². The van der Waals surface area contributed by atoms with Gasteiger partial charge in [-0.2, -0.15) is 0 Å². The Morgan fingerprint density at radius 1 is 1.13 bits per heavy atom. The van der Waals surface area contributed by atoms with Gasteiger partial charge in [0, 0.05) is 13.1 Å². The molecule has 1 unspecified atom stereocenters. The minimum atomic E-state index is 0.593. The van der Waals surface area contributed by atoms with Crippen LogP contribution >= 0.6 is 0 Å². The fraction of sp³-hybridized carbons (Fsp3) is 0.714. The second-order valence-electron chi connectivity index (χ2n) is 8.16. The Hall–Kier alpha value is -0.860. The number of piperidine rings is 2. The molecule has 1 spiro atoms. The molecule has 2 aliphatic heterocycles. The van der Waals surface area contributed by atoms with Gasteiger partial charge in [-0.05, 0) is 80.6 Å². The van der Waals surface area contributed by atoms with Gasteiger partial charge in [0.25, 0.3) is 0 Å². The molecule has 1 atom stereocenters. The summed E-state index contributed by atoms with van der Waals surface area (Å²) in [5, 5.41) is 3.64. The van der Waals surface area contributed by atoms with Crippen molar-refractivity contribution in [2.45, 2.75) is 58.3 Å². The van der Waals surface area contributed by atoms with Crippen molar-refractivity contribution < 1.29 is 0 Å². The second-order valence-corrected chi connectivity index (χ2v) is 8.16. The summed E-state index contributed by atoms with van der Waals surface area (Å²) in [5.41, 5.74) is 3.55. The molecule has 0 aliphatic carbocycles. The number of nitrogens with zero attached hydrogens (tertiary/aromatic N) is 1. The highest BCUT2D eigenvalue weighted by Crippen LogP contribution is 2.35. The van der Waals surface area contributed by atoms with Gasteiger partial charge in [-0.3, -0.25) is 0 Å². The van der Waals surface area contributed by atoms with Crippen LogP contribution in [0, 0.1) is 5.41 Å². The first-order valence-electron chi connectivity index (χ1n) is 9.69. The van der Waals surface area contributed by atoms with Gasteiger partial charge in [0.1, 0.15) is 0 Å². The van der Waals surface area contributed by atoms with E-state index in [-0.39, 0.29) is 0 Å². The Morgan fingerprint density at radius 2 is 1.91 bits per heavy atom. The predicted octanol–water partition coefficient (Wildman–Crippen LogP) is 4.21. The summed E-state index contributed by atoms with van der Waals surface area (Å²) < 4.78 is 0. The van der Waals surface area contributed by atoms with Crippen LogP contribution in [0.2, 0.25) is 0 Å². The lowest BCUT2D eigenvalue weighted by atomic mass is 9.74. The zero-order valence-electron chi connectivity index (χ0n) is 15.1. The van der Waals surface area contributed by atoms with Crippen molar-refractivity contribution in [3.63, 3.8) is 0 Å². The Labute approximate surface area is 142 Å². The molecule has 0 amide bonds. The maximum Gasteiger partial charge on any atom is 0.00502 e. The number of hydrogen-bond acceptors (Lipinski definition) is 2. The monoisotopic (exact) mass is 314 g/mol. The molecule has 2 aliphatic rings. The maximum atomic E-state index is 3.64. The highest BCUT2D eigenvalue weighted by Gasteiger charge is 2.36. The van der Waals surface area contributed by atoms with Crippen LogP contribution in [-0.2, 0) is 6.42 Å². The Kier molecular flexibility index (Phi) is 5.76. The van der Waals surface area contributed by atoms with Gasteiger partial charge in [-0.1, -0.05) is 38.1 Å². The first-order chi connectivity index (χ1) is 11.2. The smallest absolute Gasteiger partial charge is 0.00502 e. The van der Waals surface area contributed by atoms with E-state index in [0.29, 0.717) is 11.3 Å². The molecule has 0 saturated carbocycles. The molecule has 1 aromatic carbocycles. The van der Waals surface area contributed by atoms with E-state index in [1.165, 1.54) is 82.4 Å². The maximum absolute atomic E-state index is 3.64. The number of hydrogen-bond donors (Lipinski definition) is 1. The molecule has 2 fully saturated rings. The Bertz CT molecular complexity index is 466. The fourth-order valence-electron chi connectivity index (χ4n) is 4.46. The van der Waals surface area contributed by atoms with Gasteiger partial charge >= 0.3 is 0 Å². The van der Waals surface area contributed by atoms with E-state index in [4.69, 9.17) is 0 Å². The molecule has 2 nitrogen and oxygen atoms in total. The third-order valence-corrected chi connectivity index (χ3v) is 5.89. The average molecular weight is 315 g/mol. The van der Waals surface area contributed by atoms with Crippen LogP contribution < -0.4 is 5.32 Å². The molecule has 128 valence electrons. The van der Waals surface area contributed by atoms with Crippen LogP contribution in [0.3, 0.4) is 0 Å². The molecule has 2 saturated heterocycles. The van der Waals surface area contributed by atoms with Crippen LogP contribution in [-0.4, -0.2) is 37.6 Å². The van der Waals surface area contributed by atoms with Crippen LogP contribution in [0.1, 0.15) is 63.0 Å². The quantitative estimate of drug-likeness (QED) is 0.876. The summed E-state index contributed by atoms with van der Waals surface area (Å²) in [6, 6.07) is 9.28. The molecular weight excluding hydrogens is 280 g/mol. The number of likely N-dealkylation sites (tertiary alicyclic amines) is 1. The number of rotatable bonds is 5. The third kappa shape index (κ3) is 4.58. The topological polar surface area (TPSA) is 15.3 Å².